The van der Waals surface area contributed by atoms with E-state index in [1.165, 1.54) is 0 Å². The number of nitrogens with one attached hydrogen (secondary N) is 2. The van der Waals surface area contributed by atoms with Gasteiger partial charge in [-0.15, -0.1) is 0 Å². The monoisotopic (exact) mass is 439 g/mol. The summed E-state index contributed by atoms with van der Waals surface area (Å²) in [5.74, 6) is -0.219. The number of ether oxygens (including phenoxy) is 1. The Kier molecular flexibility index (Phi) is 8.13. The average molecular weight is 440 g/mol. The predicted octanol–water partition coefficient (Wildman–Crippen LogP) is 2.76. The quantitative estimate of drug-likeness (QED) is 0.570. The smallest absolute Gasteiger partial charge is 0.315 e. The second kappa shape index (κ2) is 9.98. The summed E-state index contributed by atoms with van der Waals surface area (Å²) in [5, 5.41) is 17.6. The Morgan fingerprint density at radius 1 is 1.27 bits per heavy atom. The number of urea groups is 1. The zero-order chi connectivity index (χ0) is 22.5. The highest BCUT2D eigenvalue weighted by Crippen LogP contribution is 2.46. The first-order valence-electron chi connectivity index (χ1n) is 10.3. The number of methoxy groups -OCH3 is 1. The SMILES string of the molecule is COCCNC(=O)N[C@@H](C(=O)N1CC[C@](O)(c2ccc(Cl)cc2)C(C)(C)C1)C(C)C. The Morgan fingerprint density at radius 2 is 1.90 bits per heavy atom. The lowest BCUT2D eigenvalue weighted by Crippen LogP contribution is -2.61. The Hall–Kier alpha value is -1.83. The number of halogens is 1. The first-order valence-corrected chi connectivity index (χ1v) is 10.7. The molecule has 0 bridgehead atoms. The number of carbonyl (C=O) groups excluding carboxylic acids is 2. The lowest BCUT2D eigenvalue weighted by Gasteiger charge is -2.51. The molecule has 8 heteroatoms. The molecule has 1 heterocycles. The number of hydrogen-bond donors (Lipinski definition) is 3. The molecule has 1 aromatic rings. The van der Waals surface area contributed by atoms with Gasteiger partial charge >= 0.3 is 6.03 Å². The van der Waals surface area contributed by atoms with E-state index < -0.39 is 23.1 Å². The van der Waals surface area contributed by atoms with E-state index in [0.29, 0.717) is 37.7 Å². The molecule has 1 aliphatic rings. The molecule has 30 heavy (non-hydrogen) atoms. The first kappa shape index (κ1) is 24.4. The second-order valence-corrected chi connectivity index (χ2v) is 9.31. The number of hydrogen-bond acceptors (Lipinski definition) is 4. The molecule has 0 aliphatic carbocycles. The minimum atomic E-state index is -1.08. The van der Waals surface area contributed by atoms with E-state index in [-0.39, 0.29) is 11.8 Å². The molecule has 0 saturated carbocycles. The lowest BCUT2D eigenvalue weighted by molar-refractivity contribution is -0.155. The van der Waals surface area contributed by atoms with Gasteiger partial charge in [-0.3, -0.25) is 4.79 Å². The van der Waals surface area contributed by atoms with Crippen LogP contribution in [0.15, 0.2) is 24.3 Å². The summed E-state index contributed by atoms with van der Waals surface area (Å²) < 4.78 is 4.92. The minimum absolute atomic E-state index is 0.0779. The zero-order valence-corrected chi connectivity index (χ0v) is 19.3. The van der Waals surface area contributed by atoms with Gasteiger partial charge in [0.15, 0.2) is 0 Å². The summed E-state index contributed by atoms with van der Waals surface area (Å²) in [6.07, 6.45) is 0.401. The van der Waals surface area contributed by atoms with Crippen molar-refractivity contribution in [2.45, 2.75) is 45.8 Å². The van der Waals surface area contributed by atoms with E-state index in [1.54, 1.807) is 24.1 Å². The molecule has 0 spiro atoms. The van der Waals surface area contributed by atoms with Gasteiger partial charge in [-0.25, -0.2) is 4.79 Å². The predicted molar refractivity (Wildman–Crippen MR) is 117 cm³/mol. The van der Waals surface area contributed by atoms with E-state index in [1.807, 2.05) is 39.8 Å². The van der Waals surface area contributed by atoms with Crippen LogP contribution in [-0.4, -0.2) is 61.3 Å². The second-order valence-electron chi connectivity index (χ2n) is 8.88. The Bertz CT molecular complexity index is 738. The molecule has 168 valence electrons. The van der Waals surface area contributed by atoms with Gasteiger partial charge in [0.05, 0.1) is 12.2 Å². The van der Waals surface area contributed by atoms with Crippen molar-refractivity contribution in [3.63, 3.8) is 0 Å². The highest BCUT2D eigenvalue weighted by molar-refractivity contribution is 6.30. The third kappa shape index (κ3) is 5.45. The average Bonchev–Trinajstić information content (AvgIpc) is 2.68. The fraction of sp³-hybridized carbons (Fsp3) is 0.636. The fourth-order valence-electron chi connectivity index (χ4n) is 3.94. The van der Waals surface area contributed by atoms with Crippen LogP contribution >= 0.6 is 11.6 Å². The van der Waals surface area contributed by atoms with Gasteiger partial charge in [0.25, 0.3) is 0 Å². The van der Waals surface area contributed by atoms with Crippen molar-refractivity contribution < 1.29 is 19.4 Å². The number of nitrogens with zero attached hydrogens (tertiary/aromatic N) is 1. The van der Waals surface area contributed by atoms with Gasteiger partial charge < -0.3 is 25.4 Å². The molecule has 1 saturated heterocycles. The molecule has 0 aromatic heterocycles. The number of aliphatic hydroxyl groups is 1. The molecule has 0 radical (unpaired) electrons. The molecule has 1 fully saturated rings. The molecule has 3 amide bonds. The number of amides is 3. The topological polar surface area (TPSA) is 90.9 Å². The largest absolute Gasteiger partial charge is 0.384 e. The number of piperidine rings is 1. The lowest BCUT2D eigenvalue weighted by atomic mass is 9.66. The Morgan fingerprint density at radius 3 is 2.43 bits per heavy atom. The van der Waals surface area contributed by atoms with Gasteiger partial charge in [0, 0.05) is 37.2 Å². The summed E-state index contributed by atoms with van der Waals surface area (Å²) >= 11 is 6.00. The molecule has 2 atom stereocenters. The molecule has 0 unspecified atom stereocenters. The minimum Gasteiger partial charge on any atom is -0.384 e. The zero-order valence-electron chi connectivity index (χ0n) is 18.5. The standard InChI is InChI=1S/C22H34ClN3O4/c1-15(2)18(25-20(28)24-11-13-30-5)19(27)26-12-10-22(29,21(3,4)14-26)16-6-8-17(23)9-7-16/h6-9,15,18,29H,10-14H2,1-5H3,(H2,24,25,28)/t18-,22+/m1/s1. The highest BCUT2D eigenvalue weighted by Gasteiger charge is 2.50. The van der Waals surface area contributed by atoms with Gasteiger partial charge in [-0.05, 0) is 30.0 Å². The van der Waals surface area contributed by atoms with Crippen molar-refractivity contribution in [3.8, 4) is 0 Å². The van der Waals surface area contributed by atoms with E-state index in [9.17, 15) is 14.7 Å². The van der Waals surface area contributed by atoms with Gasteiger partial charge in [-0.2, -0.15) is 0 Å². The van der Waals surface area contributed by atoms with Crippen LogP contribution in [0.2, 0.25) is 5.02 Å². The van der Waals surface area contributed by atoms with Crippen molar-refractivity contribution in [2.24, 2.45) is 11.3 Å². The van der Waals surface area contributed by atoms with Crippen LogP contribution < -0.4 is 10.6 Å². The number of carbonyl (C=O) groups is 2. The molecule has 7 nitrogen and oxygen atoms in total. The number of rotatable bonds is 7. The fourth-order valence-corrected chi connectivity index (χ4v) is 4.07. The van der Waals surface area contributed by atoms with Gasteiger partial charge in [0.2, 0.25) is 5.91 Å². The van der Waals surface area contributed by atoms with Crippen LogP contribution in [0.4, 0.5) is 4.79 Å². The van der Waals surface area contributed by atoms with Gasteiger partial charge in [0.1, 0.15) is 6.04 Å². The van der Waals surface area contributed by atoms with E-state index in [4.69, 9.17) is 16.3 Å². The van der Waals surface area contributed by atoms with Crippen molar-refractivity contribution >= 4 is 23.5 Å². The summed E-state index contributed by atoms with van der Waals surface area (Å²) in [5.41, 5.74) is -0.871. The number of likely N-dealkylation sites (tertiary alicyclic amines) is 1. The maximum Gasteiger partial charge on any atom is 0.315 e. The summed E-state index contributed by atoms with van der Waals surface area (Å²) in [6.45, 7) is 9.25. The third-order valence-electron chi connectivity index (χ3n) is 5.89. The highest BCUT2D eigenvalue weighted by atomic mass is 35.5. The van der Waals surface area contributed by atoms with Crippen molar-refractivity contribution in [1.29, 1.82) is 0 Å². The maximum atomic E-state index is 13.2. The summed E-state index contributed by atoms with van der Waals surface area (Å²) in [7, 11) is 1.56. The van der Waals surface area contributed by atoms with Crippen LogP contribution in [0.1, 0.15) is 39.7 Å². The molecule has 1 aliphatic heterocycles. The van der Waals surface area contributed by atoms with E-state index in [0.717, 1.165) is 5.56 Å². The third-order valence-corrected chi connectivity index (χ3v) is 6.15. The van der Waals surface area contributed by atoms with Crippen LogP contribution in [0.3, 0.4) is 0 Å². The molecule has 3 N–H and O–H groups in total. The summed E-state index contributed by atoms with van der Waals surface area (Å²) in [6, 6.07) is 6.17. The van der Waals surface area contributed by atoms with Crippen LogP contribution in [0.25, 0.3) is 0 Å². The molecule has 2 rings (SSSR count). The summed E-state index contributed by atoms with van der Waals surface area (Å²) in [4.78, 5) is 27.1. The Balaban J connectivity index is 2.11. The number of benzene rings is 1. The maximum absolute atomic E-state index is 13.2. The van der Waals surface area contributed by atoms with Crippen LogP contribution in [0, 0.1) is 11.3 Å². The van der Waals surface area contributed by atoms with E-state index in [2.05, 4.69) is 10.6 Å². The van der Waals surface area contributed by atoms with Crippen molar-refractivity contribution in [1.82, 2.24) is 15.5 Å². The van der Waals surface area contributed by atoms with Gasteiger partial charge in [-0.1, -0.05) is 51.4 Å². The first-order chi connectivity index (χ1) is 14.0. The van der Waals surface area contributed by atoms with Crippen molar-refractivity contribution in [3.05, 3.63) is 34.9 Å². The van der Waals surface area contributed by atoms with Crippen molar-refractivity contribution in [2.75, 3.05) is 33.4 Å². The molecule has 1 aromatic carbocycles. The van der Waals surface area contributed by atoms with E-state index >= 15 is 0 Å². The van der Waals surface area contributed by atoms with Crippen LogP contribution in [0.5, 0.6) is 0 Å². The Labute approximate surface area is 184 Å². The van der Waals surface area contributed by atoms with Crippen LogP contribution in [-0.2, 0) is 15.1 Å². The molecular weight excluding hydrogens is 406 g/mol. The normalized spacial score (nSPS) is 21.9. The molecular formula is C22H34ClN3O4.